The zero-order valence-corrected chi connectivity index (χ0v) is 12.9. The lowest BCUT2D eigenvalue weighted by atomic mass is 9.64. The van der Waals surface area contributed by atoms with Gasteiger partial charge in [-0.2, -0.15) is 0 Å². The van der Waals surface area contributed by atoms with Gasteiger partial charge in [0, 0.05) is 41.7 Å². The summed E-state index contributed by atoms with van der Waals surface area (Å²) in [6.45, 7) is 3.55. The number of aliphatic hydroxyl groups is 1. The monoisotopic (exact) mass is 294 g/mol. The normalized spacial score (nSPS) is 37.7. The molecular weight excluding hydrogens is 272 g/mol. The lowest BCUT2D eigenvalue weighted by Crippen LogP contribution is -2.60. The number of hydrogen-bond donors (Lipinski definition) is 2. The summed E-state index contributed by atoms with van der Waals surface area (Å²) < 4.78 is 0. The number of H-pyrrole nitrogens is 1. The maximum absolute atomic E-state index is 9.99. The molecule has 0 saturated carbocycles. The Kier molecular flexibility index (Phi) is 2.62. The number of allylic oxidation sites excluding steroid dienone is 1. The highest BCUT2D eigenvalue weighted by atomic mass is 16.3. The Morgan fingerprint density at radius 1 is 1.36 bits per heavy atom. The number of para-hydroxylation sites is 1. The first kappa shape index (κ1) is 12.9. The first-order valence-corrected chi connectivity index (χ1v) is 8.43. The lowest BCUT2D eigenvalue weighted by Gasteiger charge is -2.58. The Labute approximate surface area is 130 Å². The van der Waals surface area contributed by atoms with Gasteiger partial charge >= 0.3 is 0 Å². The molecule has 2 N–H and O–H groups in total. The van der Waals surface area contributed by atoms with Crippen molar-refractivity contribution >= 4 is 10.9 Å². The van der Waals surface area contributed by atoms with Gasteiger partial charge < -0.3 is 10.1 Å². The molecule has 0 amide bonds. The number of nitrogens with zero attached hydrogens (tertiary/aromatic N) is 1. The second-order valence-corrected chi connectivity index (χ2v) is 7.07. The summed E-state index contributed by atoms with van der Waals surface area (Å²) in [5, 5.41) is 11.4. The summed E-state index contributed by atoms with van der Waals surface area (Å²) in [5.41, 5.74) is 5.74. The predicted octanol–water partition coefficient (Wildman–Crippen LogP) is 3.02. The van der Waals surface area contributed by atoms with Crippen molar-refractivity contribution in [3.8, 4) is 0 Å². The van der Waals surface area contributed by atoms with E-state index in [1.54, 1.807) is 0 Å². The van der Waals surface area contributed by atoms with Gasteiger partial charge in [-0.05, 0) is 37.3 Å². The largest absolute Gasteiger partial charge is 0.396 e. The minimum atomic E-state index is 0.313. The lowest BCUT2D eigenvalue weighted by molar-refractivity contribution is -0.0503. The van der Waals surface area contributed by atoms with Gasteiger partial charge in [-0.25, -0.2) is 0 Å². The quantitative estimate of drug-likeness (QED) is 0.794. The Hall–Kier alpha value is -1.58. The number of hydrogen-bond acceptors (Lipinski definition) is 2. The molecule has 5 atom stereocenters. The van der Waals surface area contributed by atoms with Crippen LogP contribution in [0.25, 0.3) is 10.9 Å². The molecule has 0 radical (unpaired) electrons. The zero-order valence-electron chi connectivity index (χ0n) is 12.9. The molecular formula is C19H22N2O. The second kappa shape index (κ2) is 4.46. The summed E-state index contributed by atoms with van der Waals surface area (Å²) in [6, 6.07) is 9.68. The molecule has 1 aromatic heterocycles. The number of benzene rings is 1. The molecule has 3 saturated heterocycles. The molecule has 3 nitrogen and oxygen atoms in total. The molecule has 0 aliphatic carbocycles. The van der Waals surface area contributed by atoms with Gasteiger partial charge in [0.2, 0.25) is 0 Å². The highest BCUT2D eigenvalue weighted by Crippen LogP contribution is 2.53. The average Bonchev–Trinajstić information content (AvgIpc) is 2.93. The predicted molar refractivity (Wildman–Crippen MR) is 87.7 cm³/mol. The van der Waals surface area contributed by atoms with Crippen molar-refractivity contribution in [2.45, 2.75) is 31.8 Å². The molecule has 4 aliphatic heterocycles. The van der Waals surface area contributed by atoms with E-state index in [0.29, 0.717) is 30.5 Å². The number of rotatable bonds is 1. The minimum absolute atomic E-state index is 0.313. The number of aliphatic hydroxyl groups excluding tert-OH is 1. The van der Waals surface area contributed by atoms with E-state index in [-0.39, 0.29) is 0 Å². The molecule has 4 aliphatic rings. The topological polar surface area (TPSA) is 39.3 Å². The van der Waals surface area contributed by atoms with E-state index in [4.69, 9.17) is 0 Å². The first-order valence-electron chi connectivity index (χ1n) is 8.43. The summed E-state index contributed by atoms with van der Waals surface area (Å²) in [4.78, 5) is 6.35. The third-order valence-corrected chi connectivity index (χ3v) is 6.33. The Morgan fingerprint density at radius 3 is 3.05 bits per heavy atom. The Balaban J connectivity index is 1.69. The van der Waals surface area contributed by atoms with Gasteiger partial charge in [0.1, 0.15) is 0 Å². The van der Waals surface area contributed by atoms with Gasteiger partial charge in [-0.15, -0.1) is 0 Å². The number of aromatic nitrogens is 1. The number of aromatic amines is 1. The van der Waals surface area contributed by atoms with Crippen LogP contribution in [0.1, 0.15) is 30.6 Å². The van der Waals surface area contributed by atoms with Crippen LogP contribution in [-0.2, 0) is 6.42 Å². The zero-order chi connectivity index (χ0) is 14.8. The molecule has 114 valence electrons. The van der Waals surface area contributed by atoms with Crippen LogP contribution in [0.5, 0.6) is 0 Å². The van der Waals surface area contributed by atoms with Gasteiger partial charge in [0.15, 0.2) is 0 Å². The molecule has 1 unspecified atom stereocenters. The minimum Gasteiger partial charge on any atom is -0.396 e. The summed E-state index contributed by atoms with van der Waals surface area (Å²) >= 11 is 0. The van der Waals surface area contributed by atoms with Crippen LogP contribution in [0.4, 0.5) is 0 Å². The van der Waals surface area contributed by atoms with Crippen LogP contribution in [0.3, 0.4) is 0 Å². The summed E-state index contributed by atoms with van der Waals surface area (Å²) in [6.07, 6.45) is 4.51. The number of nitrogens with one attached hydrogen (secondary N) is 1. The maximum atomic E-state index is 9.99. The molecule has 4 bridgehead atoms. The van der Waals surface area contributed by atoms with E-state index in [0.717, 1.165) is 19.4 Å². The van der Waals surface area contributed by atoms with Crippen molar-refractivity contribution in [2.75, 3.05) is 13.2 Å². The van der Waals surface area contributed by atoms with Gasteiger partial charge in [0.05, 0.1) is 6.04 Å². The molecule has 1 aromatic carbocycles. The molecule has 3 heteroatoms. The third kappa shape index (κ3) is 1.48. The van der Waals surface area contributed by atoms with Crippen LogP contribution < -0.4 is 0 Å². The smallest absolute Gasteiger partial charge is 0.0514 e. The highest BCUT2D eigenvalue weighted by Gasteiger charge is 2.52. The SMILES string of the molecule is C/C=C1/CN2[C@@H]3Cc4c([nH]c5ccccc45)[C@@H]2C[C@@H]1[C@H]3CO. The van der Waals surface area contributed by atoms with E-state index in [2.05, 4.69) is 47.1 Å². The van der Waals surface area contributed by atoms with Crippen molar-refractivity contribution in [1.29, 1.82) is 0 Å². The van der Waals surface area contributed by atoms with Crippen molar-refractivity contribution in [3.63, 3.8) is 0 Å². The van der Waals surface area contributed by atoms with Crippen molar-refractivity contribution in [3.05, 3.63) is 47.2 Å². The van der Waals surface area contributed by atoms with Gasteiger partial charge in [-0.1, -0.05) is 29.8 Å². The second-order valence-electron chi connectivity index (χ2n) is 7.07. The fraction of sp³-hybridized carbons (Fsp3) is 0.474. The fourth-order valence-corrected chi connectivity index (χ4v) is 5.32. The molecule has 5 heterocycles. The van der Waals surface area contributed by atoms with E-state index in [1.807, 2.05) is 0 Å². The summed E-state index contributed by atoms with van der Waals surface area (Å²) in [7, 11) is 0. The number of fused-ring (bicyclic) bond motifs is 4. The molecule has 22 heavy (non-hydrogen) atoms. The molecule has 3 fully saturated rings. The summed E-state index contributed by atoms with van der Waals surface area (Å²) in [5.74, 6) is 0.965. The van der Waals surface area contributed by atoms with E-state index < -0.39 is 0 Å². The van der Waals surface area contributed by atoms with Crippen molar-refractivity contribution < 1.29 is 5.11 Å². The van der Waals surface area contributed by atoms with Crippen LogP contribution in [0.15, 0.2) is 35.9 Å². The van der Waals surface area contributed by atoms with Gasteiger partial charge in [-0.3, -0.25) is 4.90 Å². The fourth-order valence-electron chi connectivity index (χ4n) is 5.32. The van der Waals surface area contributed by atoms with Crippen molar-refractivity contribution in [2.24, 2.45) is 11.8 Å². The molecule has 0 spiro atoms. The average molecular weight is 294 g/mol. The standard InChI is InChI=1S/C19H22N2O/c1-2-11-9-21-17-8-14-12-5-3-4-6-16(12)20-19(14)18(21)7-13(11)15(17)10-22/h2-6,13,15,17-18,20,22H,7-10H2,1H3/b11-2-/t13-,15+,17+,18-/m0/s1. The van der Waals surface area contributed by atoms with E-state index in [1.165, 1.54) is 27.7 Å². The molecule has 6 rings (SSSR count). The van der Waals surface area contributed by atoms with E-state index in [9.17, 15) is 5.11 Å². The molecule has 2 aromatic rings. The van der Waals surface area contributed by atoms with E-state index >= 15 is 0 Å². The van der Waals surface area contributed by atoms with Crippen LogP contribution in [0, 0.1) is 11.8 Å². The van der Waals surface area contributed by atoms with Crippen molar-refractivity contribution in [1.82, 2.24) is 9.88 Å². The first-order chi connectivity index (χ1) is 10.8. The van der Waals surface area contributed by atoms with Crippen LogP contribution in [-0.4, -0.2) is 34.2 Å². The van der Waals surface area contributed by atoms with Crippen LogP contribution >= 0.6 is 0 Å². The van der Waals surface area contributed by atoms with Crippen LogP contribution in [0.2, 0.25) is 0 Å². The Morgan fingerprint density at radius 2 is 2.23 bits per heavy atom. The van der Waals surface area contributed by atoms with Gasteiger partial charge in [0.25, 0.3) is 0 Å². The third-order valence-electron chi connectivity index (χ3n) is 6.33. The highest BCUT2D eigenvalue weighted by molar-refractivity contribution is 5.85. The number of piperidine rings is 3. The maximum Gasteiger partial charge on any atom is 0.0514 e. The Bertz CT molecular complexity index is 775.